The highest BCUT2D eigenvalue weighted by atomic mass is 32.2. The first kappa shape index (κ1) is 19.7. The Labute approximate surface area is 174 Å². The smallest absolute Gasteiger partial charge is 0.262 e. The van der Waals surface area contributed by atoms with E-state index in [9.17, 15) is 9.59 Å². The third-order valence-electron chi connectivity index (χ3n) is 5.31. The van der Waals surface area contributed by atoms with Gasteiger partial charge in [-0.15, -0.1) is 0 Å². The van der Waals surface area contributed by atoms with E-state index in [1.54, 1.807) is 10.6 Å². The topological polar surface area (TPSA) is 64.0 Å². The Morgan fingerprint density at radius 2 is 2.00 bits per heavy atom. The molecule has 1 atom stereocenters. The van der Waals surface area contributed by atoms with Gasteiger partial charge >= 0.3 is 0 Å². The van der Waals surface area contributed by atoms with E-state index in [-0.39, 0.29) is 23.3 Å². The Morgan fingerprint density at radius 1 is 1.21 bits per heavy atom. The maximum atomic E-state index is 12.8. The minimum atomic E-state index is -0.0402. The van der Waals surface area contributed by atoms with Crippen LogP contribution in [-0.2, 0) is 17.8 Å². The van der Waals surface area contributed by atoms with Gasteiger partial charge in [0, 0.05) is 6.54 Å². The van der Waals surface area contributed by atoms with E-state index in [0.717, 1.165) is 25.7 Å². The number of carbonyl (C=O) groups is 1. The zero-order valence-electron chi connectivity index (χ0n) is 16.6. The van der Waals surface area contributed by atoms with Crippen LogP contribution in [0.1, 0.15) is 43.4 Å². The molecule has 1 amide bonds. The molecule has 1 aliphatic rings. The van der Waals surface area contributed by atoms with Crippen molar-refractivity contribution >= 4 is 28.6 Å². The summed E-state index contributed by atoms with van der Waals surface area (Å²) in [4.78, 5) is 30.2. The maximum absolute atomic E-state index is 12.8. The lowest BCUT2D eigenvalue weighted by atomic mass is 9.88. The highest BCUT2D eigenvalue weighted by Gasteiger charge is 2.21. The molecule has 1 N–H and O–H groups in total. The molecule has 1 aliphatic carbocycles. The predicted molar refractivity (Wildman–Crippen MR) is 117 cm³/mol. The van der Waals surface area contributed by atoms with Crippen molar-refractivity contribution in [1.29, 1.82) is 0 Å². The lowest BCUT2D eigenvalue weighted by molar-refractivity contribution is -0.119. The summed E-state index contributed by atoms with van der Waals surface area (Å²) in [5.74, 6) is 0.217. The number of amides is 1. The zero-order chi connectivity index (χ0) is 20.2. The van der Waals surface area contributed by atoms with Crippen LogP contribution in [0, 0.1) is 0 Å². The summed E-state index contributed by atoms with van der Waals surface area (Å²) < 4.78 is 1.69. The van der Waals surface area contributed by atoms with Gasteiger partial charge in [-0.25, -0.2) is 4.98 Å². The van der Waals surface area contributed by atoms with Crippen LogP contribution >= 0.6 is 11.8 Å². The molecule has 0 fully saturated rings. The van der Waals surface area contributed by atoms with Crippen LogP contribution in [0.4, 0.5) is 0 Å². The van der Waals surface area contributed by atoms with Gasteiger partial charge in [-0.3, -0.25) is 14.2 Å². The number of hydrogen-bond acceptors (Lipinski definition) is 4. The Morgan fingerprint density at radius 3 is 2.86 bits per heavy atom. The molecule has 0 unspecified atom stereocenters. The van der Waals surface area contributed by atoms with Crippen molar-refractivity contribution in [2.24, 2.45) is 0 Å². The van der Waals surface area contributed by atoms with Crippen molar-refractivity contribution in [2.45, 2.75) is 50.4 Å². The van der Waals surface area contributed by atoms with Crippen LogP contribution < -0.4 is 10.9 Å². The Bertz CT molecular complexity index is 1090. The Hall–Kier alpha value is -2.60. The molecule has 3 aromatic rings. The van der Waals surface area contributed by atoms with Gasteiger partial charge in [-0.2, -0.15) is 0 Å². The normalized spacial score (nSPS) is 15.8. The Kier molecular flexibility index (Phi) is 6.00. The zero-order valence-corrected chi connectivity index (χ0v) is 17.4. The molecule has 2 aromatic carbocycles. The average Bonchev–Trinajstić information content (AvgIpc) is 2.75. The monoisotopic (exact) mass is 407 g/mol. The van der Waals surface area contributed by atoms with E-state index < -0.39 is 0 Å². The van der Waals surface area contributed by atoms with Crippen molar-refractivity contribution in [3.8, 4) is 0 Å². The molecular formula is C23H25N3O2S. The van der Waals surface area contributed by atoms with Gasteiger partial charge in [0.05, 0.1) is 22.7 Å². The summed E-state index contributed by atoms with van der Waals surface area (Å²) in [6.07, 6.45) is 3.94. The SMILES string of the molecule is CCCn1c(SCC(=O)N[C@@H]2CCCc3ccccc32)nc2ccccc2c1=O. The van der Waals surface area contributed by atoms with Crippen LogP contribution in [-0.4, -0.2) is 21.2 Å². The van der Waals surface area contributed by atoms with Gasteiger partial charge in [0.1, 0.15) is 0 Å². The number of fused-ring (bicyclic) bond motifs is 2. The second-order valence-corrected chi connectivity index (χ2v) is 8.31. The van der Waals surface area contributed by atoms with Crippen molar-refractivity contribution in [3.63, 3.8) is 0 Å². The minimum absolute atomic E-state index is 0.0258. The summed E-state index contributed by atoms with van der Waals surface area (Å²) in [5.41, 5.74) is 3.18. The summed E-state index contributed by atoms with van der Waals surface area (Å²) in [7, 11) is 0. The van der Waals surface area contributed by atoms with E-state index in [0.29, 0.717) is 22.6 Å². The summed E-state index contributed by atoms with van der Waals surface area (Å²) in [6, 6.07) is 15.8. The molecule has 29 heavy (non-hydrogen) atoms. The molecule has 0 saturated heterocycles. The molecule has 0 aliphatic heterocycles. The summed E-state index contributed by atoms with van der Waals surface area (Å²) >= 11 is 1.33. The number of aromatic nitrogens is 2. The molecular weight excluding hydrogens is 382 g/mol. The quantitative estimate of drug-likeness (QED) is 0.494. The van der Waals surface area contributed by atoms with Crippen LogP contribution in [0.5, 0.6) is 0 Å². The van der Waals surface area contributed by atoms with E-state index in [4.69, 9.17) is 0 Å². The third kappa shape index (κ3) is 4.22. The van der Waals surface area contributed by atoms with E-state index >= 15 is 0 Å². The highest BCUT2D eigenvalue weighted by Crippen LogP contribution is 2.29. The first-order valence-electron chi connectivity index (χ1n) is 10.2. The number of para-hydroxylation sites is 1. The second kappa shape index (κ2) is 8.82. The Balaban J connectivity index is 1.50. The van der Waals surface area contributed by atoms with Gasteiger partial charge < -0.3 is 5.32 Å². The number of thioether (sulfide) groups is 1. The number of aryl methyl sites for hydroxylation is 1. The van der Waals surface area contributed by atoms with Gasteiger partial charge in [0.2, 0.25) is 5.91 Å². The molecule has 0 spiro atoms. The largest absolute Gasteiger partial charge is 0.349 e. The van der Waals surface area contributed by atoms with Crippen molar-refractivity contribution in [2.75, 3.05) is 5.75 Å². The number of nitrogens with one attached hydrogen (secondary N) is 1. The highest BCUT2D eigenvalue weighted by molar-refractivity contribution is 7.99. The van der Waals surface area contributed by atoms with Crippen molar-refractivity contribution in [3.05, 3.63) is 70.0 Å². The molecule has 6 heteroatoms. The molecule has 0 bridgehead atoms. The van der Waals surface area contributed by atoms with Crippen molar-refractivity contribution < 1.29 is 4.79 Å². The number of benzene rings is 2. The average molecular weight is 408 g/mol. The number of rotatable bonds is 6. The molecule has 1 aromatic heterocycles. The fourth-order valence-corrected chi connectivity index (χ4v) is 4.79. The van der Waals surface area contributed by atoms with E-state index in [2.05, 4.69) is 28.5 Å². The number of nitrogens with zero attached hydrogens (tertiary/aromatic N) is 2. The molecule has 0 saturated carbocycles. The number of hydrogen-bond donors (Lipinski definition) is 1. The summed E-state index contributed by atoms with van der Waals surface area (Å²) in [6.45, 7) is 2.62. The molecule has 0 radical (unpaired) electrons. The molecule has 150 valence electrons. The predicted octanol–water partition coefficient (Wildman–Crippen LogP) is 4.09. The fraction of sp³-hybridized carbons (Fsp3) is 0.348. The van der Waals surface area contributed by atoms with Gasteiger partial charge in [0.25, 0.3) is 5.56 Å². The van der Waals surface area contributed by atoms with Crippen LogP contribution in [0.15, 0.2) is 58.5 Å². The van der Waals surface area contributed by atoms with Gasteiger partial charge in [0.15, 0.2) is 5.16 Å². The maximum Gasteiger partial charge on any atom is 0.262 e. The van der Waals surface area contributed by atoms with Gasteiger partial charge in [-0.05, 0) is 48.9 Å². The van der Waals surface area contributed by atoms with Crippen LogP contribution in [0.25, 0.3) is 10.9 Å². The molecule has 4 rings (SSSR count). The molecule has 1 heterocycles. The standard InChI is InChI=1S/C23H25N3O2S/c1-2-14-26-22(28)18-11-5-6-12-20(18)25-23(26)29-15-21(27)24-19-13-7-9-16-8-3-4-10-17(16)19/h3-6,8,10-12,19H,2,7,9,13-15H2,1H3,(H,24,27)/t19-/m1/s1. The third-order valence-corrected chi connectivity index (χ3v) is 6.29. The first-order valence-corrected chi connectivity index (χ1v) is 11.2. The van der Waals surface area contributed by atoms with Crippen molar-refractivity contribution in [1.82, 2.24) is 14.9 Å². The van der Waals surface area contributed by atoms with Crippen LogP contribution in [0.3, 0.4) is 0 Å². The van der Waals surface area contributed by atoms with Crippen LogP contribution in [0.2, 0.25) is 0 Å². The fourth-order valence-electron chi connectivity index (χ4n) is 3.95. The second-order valence-electron chi connectivity index (χ2n) is 7.37. The molecule has 5 nitrogen and oxygen atoms in total. The number of carbonyl (C=O) groups excluding carboxylic acids is 1. The summed E-state index contributed by atoms with van der Waals surface area (Å²) in [5, 5.41) is 4.40. The first-order chi connectivity index (χ1) is 14.2. The van der Waals surface area contributed by atoms with E-state index in [1.165, 1.54) is 22.9 Å². The lowest BCUT2D eigenvalue weighted by Gasteiger charge is -2.26. The van der Waals surface area contributed by atoms with Gasteiger partial charge in [-0.1, -0.05) is 55.1 Å². The minimum Gasteiger partial charge on any atom is -0.349 e. The van der Waals surface area contributed by atoms with E-state index in [1.807, 2.05) is 31.2 Å². The lowest BCUT2D eigenvalue weighted by Crippen LogP contribution is -2.32.